The highest BCUT2D eigenvalue weighted by atomic mass is 16.5. The maximum Gasteiger partial charge on any atom is 0.139 e. The molecule has 0 unspecified atom stereocenters. The van der Waals surface area contributed by atoms with E-state index in [1.54, 1.807) is 0 Å². The lowest BCUT2D eigenvalue weighted by atomic mass is 10.2. The van der Waals surface area contributed by atoms with E-state index in [1.807, 2.05) is 30.7 Å². The molecule has 6 heteroatoms. The summed E-state index contributed by atoms with van der Waals surface area (Å²) in [5, 5.41) is 0. The third-order valence-electron chi connectivity index (χ3n) is 6.09. The lowest BCUT2D eigenvalue weighted by Crippen LogP contribution is -2.41. The molecule has 0 spiro atoms. The van der Waals surface area contributed by atoms with Gasteiger partial charge in [-0.05, 0) is 55.7 Å². The van der Waals surface area contributed by atoms with Crippen LogP contribution in [0.15, 0.2) is 48.9 Å². The summed E-state index contributed by atoms with van der Waals surface area (Å²) in [4.78, 5) is 14.0. The minimum Gasteiger partial charge on any atom is -0.379 e. The van der Waals surface area contributed by atoms with E-state index in [9.17, 15) is 0 Å². The van der Waals surface area contributed by atoms with Gasteiger partial charge in [-0.3, -0.25) is 14.8 Å². The van der Waals surface area contributed by atoms with Crippen molar-refractivity contribution in [3.05, 3.63) is 77.0 Å². The van der Waals surface area contributed by atoms with Crippen molar-refractivity contribution in [3.8, 4) is 5.82 Å². The molecule has 4 rings (SSSR count). The summed E-state index contributed by atoms with van der Waals surface area (Å²) in [6, 6.07) is 10.6. The maximum absolute atomic E-state index is 5.51. The SMILES string of the molecule is Cc1cccnc1-n1c(C)cc(CN(CCN2CCOCC2)Cc2cccnc2)c1C. The first-order valence-corrected chi connectivity index (χ1v) is 11.1. The van der Waals surface area contributed by atoms with Crippen LogP contribution in [0.5, 0.6) is 0 Å². The molecule has 1 saturated heterocycles. The normalized spacial score (nSPS) is 15.0. The van der Waals surface area contributed by atoms with Gasteiger partial charge in [0.2, 0.25) is 0 Å². The number of aryl methyl sites for hydroxylation is 2. The Hall–Kier alpha value is -2.54. The van der Waals surface area contributed by atoms with Crippen LogP contribution in [-0.4, -0.2) is 63.7 Å². The molecule has 0 aliphatic carbocycles. The van der Waals surface area contributed by atoms with E-state index < -0.39 is 0 Å². The fourth-order valence-corrected chi connectivity index (χ4v) is 4.34. The average molecular weight is 420 g/mol. The van der Waals surface area contributed by atoms with Crippen molar-refractivity contribution < 1.29 is 4.74 Å². The molecule has 3 aromatic rings. The zero-order valence-corrected chi connectivity index (χ0v) is 18.9. The summed E-state index contributed by atoms with van der Waals surface area (Å²) >= 11 is 0. The van der Waals surface area contributed by atoms with E-state index in [1.165, 1.54) is 28.1 Å². The van der Waals surface area contributed by atoms with E-state index in [-0.39, 0.29) is 0 Å². The number of ether oxygens (including phenoxy) is 1. The van der Waals surface area contributed by atoms with Crippen molar-refractivity contribution >= 4 is 0 Å². The largest absolute Gasteiger partial charge is 0.379 e. The van der Waals surface area contributed by atoms with Crippen LogP contribution in [0.1, 0.15) is 28.1 Å². The summed E-state index contributed by atoms with van der Waals surface area (Å²) in [5.74, 6) is 1.02. The second-order valence-corrected chi connectivity index (χ2v) is 8.40. The van der Waals surface area contributed by atoms with Crippen LogP contribution in [0.3, 0.4) is 0 Å². The summed E-state index contributed by atoms with van der Waals surface area (Å²) in [6.07, 6.45) is 5.69. The van der Waals surface area contributed by atoms with E-state index >= 15 is 0 Å². The number of morpholine rings is 1. The topological polar surface area (TPSA) is 46.4 Å². The van der Waals surface area contributed by atoms with Crippen LogP contribution in [0.4, 0.5) is 0 Å². The predicted octanol–water partition coefficient (Wildman–Crippen LogP) is 3.53. The van der Waals surface area contributed by atoms with Gasteiger partial charge in [-0.2, -0.15) is 0 Å². The van der Waals surface area contributed by atoms with Gasteiger partial charge in [0.1, 0.15) is 5.82 Å². The van der Waals surface area contributed by atoms with Gasteiger partial charge in [-0.15, -0.1) is 0 Å². The Bertz CT molecular complexity index is 979. The van der Waals surface area contributed by atoms with Crippen molar-refractivity contribution in [1.82, 2.24) is 24.3 Å². The van der Waals surface area contributed by atoms with Gasteiger partial charge in [0, 0.05) is 69.2 Å². The van der Waals surface area contributed by atoms with E-state index in [0.29, 0.717) is 0 Å². The van der Waals surface area contributed by atoms with Crippen LogP contribution in [0.2, 0.25) is 0 Å². The maximum atomic E-state index is 5.51. The second kappa shape index (κ2) is 10.2. The first kappa shape index (κ1) is 21.7. The fourth-order valence-electron chi connectivity index (χ4n) is 4.34. The molecule has 164 valence electrons. The van der Waals surface area contributed by atoms with Gasteiger partial charge in [-0.25, -0.2) is 4.98 Å². The second-order valence-electron chi connectivity index (χ2n) is 8.40. The lowest BCUT2D eigenvalue weighted by molar-refractivity contribution is 0.0325. The highest BCUT2D eigenvalue weighted by Gasteiger charge is 2.18. The Labute approximate surface area is 185 Å². The summed E-state index contributed by atoms with van der Waals surface area (Å²) < 4.78 is 7.80. The minimum absolute atomic E-state index is 0.840. The molecule has 1 aliphatic rings. The molecule has 0 aromatic carbocycles. The quantitative estimate of drug-likeness (QED) is 0.559. The zero-order valence-electron chi connectivity index (χ0n) is 18.9. The van der Waals surface area contributed by atoms with E-state index in [0.717, 1.165) is 58.3 Å². The molecule has 0 atom stereocenters. The van der Waals surface area contributed by atoms with Gasteiger partial charge >= 0.3 is 0 Å². The number of rotatable bonds is 8. The van der Waals surface area contributed by atoms with Crippen LogP contribution >= 0.6 is 0 Å². The number of aromatic nitrogens is 3. The molecule has 1 fully saturated rings. The van der Waals surface area contributed by atoms with Crippen LogP contribution in [0.25, 0.3) is 5.82 Å². The summed E-state index contributed by atoms with van der Waals surface area (Å²) in [5.41, 5.74) is 6.29. The van der Waals surface area contributed by atoms with E-state index in [2.05, 4.69) is 63.3 Å². The number of nitrogens with zero attached hydrogens (tertiary/aromatic N) is 5. The smallest absolute Gasteiger partial charge is 0.139 e. The Morgan fingerprint density at radius 1 is 1.03 bits per heavy atom. The highest BCUT2D eigenvalue weighted by Crippen LogP contribution is 2.23. The van der Waals surface area contributed by atoms with Gasteiger partial charge in [0.15, 0.2) is 0 Å². The molecular weight excluding hydrogens is 386 g/mol. The third kappa shape index (κ3) is 5.39. The van der Waals surface area contributed by atoms with Crippen LogP contribution in [0, 0.1) is 20.8 Å². The van der Waals surface area contributed by atoms with Crippen LogP contribution < -0.4 is 0 Å². The summed E-state index contributed by atoms with van der Waals surface area (Å²) in [7, 11) is 0. The molecule has 6 nitrogen and oxygen atoms in total. The molecule has 0 amide bonds. The monoisotopic (exact) mass is 419 g/mol. The molecule has 0 radical (unpaired) electrons. The fraction of sp³-hybridized carbons (Fsp3) is 0.440. The third-order valence-corrected chi connectivity index (χ3v) is 6.09. The van der Waals surface area contributed by atoms with Gasteiger partial charge in [0.05, 0.1) is 13.2 Å². The number of hydrogen-bond donors (Lipinski definition) is 0. The zero-order chi connectivity index (χ0) is 21.6. The van der Waals surface area contributed by atoms with Crippen molar-refractivity contribution in [1.29, 1.82) is 0 Å². The standard InChI is InChI=1S/C25H33N5O/c1-20-6-4-9-27-25(20)30-21(2)16-24(22(30)3)19-29(18-23-7-5-8-26-17-23)11-10-28-12-14-31-15-13-28/h4-9,16-17H,10-15,18-19H2,1-3H3. The Kier molecular flexibility index (Phi) is 7.12. The molecule has 0 saturated carbocycles. The first-order valence-electron chi connectivity index (χ1n) is 11.1. The molecule has 4 heterocycles. The van der Waals surface area contributed by atoms with Gasteiger partial charge in [0.25, 0.3) is 0 Å². The van der Waals surface area contributed by atoms with Crippen molar-refractivity contribution in [2.45, 2.75) is 33.9 Å². The molecule has 0 N–H and O–H groups in total. The summed E-state index contributed by atoms with van der Waals surface area (Å²) in [6.45, 7) is 14.1. The lowest BCUT2D eigenvalue weighted by Gasteiger charge is -2.30. The number of hydrogen-bond acceptors (Lipinski definition) is 5. The number of pyridine rings is 2. The molecule has 1 aliphatic heterocycles. The van der Waals surface area contributed by atoms with Crippen molar-refractivity contribution in [2.24, 2.45) is 0 Å². The first-order chi connectivity index (χ1) is 15.1. The average Bonchev–Trinajstić information content (AvgIpc) is 3.06. The van der Waals surface area contributed by atoms with E-state index in [4.69, 9.17) is 4.74 Å². The molecule has 0 bridgehead atoms. The molecule has 3 aromatic heterocycles. The van der Waals surface area contributed by atoms with Crippen LogP contribution in [-0.2, 0) is 17.8 Å². The minimum atomic E-state index is 0.840. The Balaban J connectivity index is 1.54. The highest BCUT2D eigenvalue weighted by molar-refractivity contribution is 5.41. The predicted molar refractivity (Wildman–Crippen MR) is 123 cm³/mol. The molecule has 31 heavy (non-hydrogen) atoms. The Morgan fingerprint density at radius 2 is 1.84 bits per heavy atom. The van der Waals surface area contributed by atoms with Crippen molar-refractivity contribution in [2.75, 3.05) is 39.4 Å². The van der Waals surface area contributed by atoms with Gasteiger partial charge < -0.3 is 9.30 Å². The molecular formula is C25H33N5O. The Morgan fingerprint density at radius 3 is 2.58 bits per heavy atom. The van der Waals surface area contributed by atoms with Gasteiger partial charge in [-0.1, -0.05) is 12.1 Å². The van der Waals surface area contributed by atoms with Crippen molar-refractivity contribution in [3.63, 3.8) is 0 Å².